The highest BCUT2D eigenvalue weighted by Gasteiger charge is 1.78. The van der Waals surface area contributed by atoms with Gasteiger partial charge < -0.3 is 11.5 Å². The Morgan fingerprint density at radius 1 is 1.50 bits per heavy atom. The summed E-state index contributed by atoms with van der Waals surface area (Å²) in [5.41, 5.74) is 10.9. The zero-order valence-electron chi connectivity index (χ0n) is 5.18. The van der Waals surface area contributed by atoms with E-state index in [2.05, 4.69) is 4.99 Å². The highest BCUT2D eigenvalue weighted by atomic mass is 15.0. The summed E-state index contributed by atoms with van der Waals surface area (Å²) in [7, 11) is 0. The summed E-state index contributed by atoms with van der Waals surface area (Å²) in [6.45, 7) is 3.71. The third-order valence-electron chi connectivity index (χ3n) is 0.723. The van der Waals surface area contributed by atoms with Gasteiger partial charge in [0.2, 0.25) is 0 Å². The fraction of sp³-hybridized carbons (Fsp3) is 0.400. The first-order valence-corrected chi connectivity index (χ1v) is 2.39. The van der Waals surface area contributed by atoms with Crippen LogP contribution < -0.4 is 11.5 Å². The van der Waals surface area contributed by atoms with Crippen LogP contribution in [0, 0.1) is 0 Å². The summed E-state index contributed by atoms with van der Waals surface area (Å²) in [4.78, 5) is 3.73. The van der Waals surface area contributed by atoms with Crippen LogP contribution in [0.3, 0.4) is 0 Å². The second-order valence-corrected chi connectivity index (χ2v) is 1.47. The van der Waals surface area contributed by atoms with E-state index in [1.807, 2.05) is 19.9 Å². The van der Waals surface area contributed by atoms with Gasteiger partial charge in [0.05, 0.1) is 0 Å². The van der Waals surface area contributed by atoms with Gasteiger partial charge in [0.1, 0.15) is 0 Å². The van der Waals surface area contributed by atoms with Gasteiger partial charge in [-0.15, -0.1) is 0 Å². The Morgan fingerprint density at radius 2 is 2.00 bits per heavy atom. The summed E-state index contributed by atoms with van der Waals surface area (Å²) < 4.78 is 0. The number of nitrogens with two attached hydrogens (primary N) is 2. The molecule has 3 heteroatoms. The molecule has 46 valence electrons. The van der Waals surface area contributed by atoms with Gasteiger partial charge in [-0.25, -0.2) is 4.99 Å². The maximum atomic E-state index is 5.06. The van der Waals surface area contributed by atoms with Crippen LogP contribution in [0.1, 0.15) is 13.8 Å². The van der Waals surface area contributed by atoms with Gasteiger partial charge in [0, 0.05) is 5.70 Å². The molecule has 0 fully saturated rings. The number of hydrogen-bond acceptors (Lipinski definition) is 1. The molecule has 0 saturated heterocycles. The SMILES string of the molecule is C/C=C(\C)N=C(N)N. The fourth-order valence-corrected chi connectivity index (χ4v) is 0.268. The van der Waals surface area contributed by atoms with Gasteiger partial charge in [-0.3, -0.25) is 0 Å². The average Bonchev–Trinajstić information content (AvgIpc) is 1.65. The maximum Gasteiger partial charge on any atom is 0.190 e. The number of nitrogens with zero attached hydrogens (tertiary/aromatic N) is 1. The normalized spacial score (nSPS) is 11.0. The molecule has 0 aliphatic carbocycles. The molecule has 8 heavy (non-hydrogen) atoms. The van der Waals surface area contributed by atoms with Crippen molar-refractivity contribution in [2.24, 2.45) is 16.5 Å². The summed E-state index contributed by atoms with van der Waals surface area (Å²) in [6, 6.07) is 0. The van der Waals surface area contributed by atoms with Gasteiger partial charge in [-0.1, -0.05) is 6.08 Å². The van der Waals surface area contributed by atoms with Crippen molar-refractivity contribution in [1.29, 1.82) is 0 Å². The third kappa shape index (κ3) is 3.21. The Balaban J connectivity index is 3.89. The minimum Gasteiger partial charge on any atom is -0.370 e. The molecule has 0 aromatic carbocycles. The van der Waals surface area contributed by atoms with Crippen LogP contribution in [0.15, 0.2) is 16.8 Å². The van der Waals surface area contributed by atoms with E-state index in [1.165, 1.54) is 0 Å². The first-order chi connectivity index (χ1) is 3.66. The lowest BCUT2D eigenvalue weighted by atomic mass is 10.5. The van der Waals surface area contributed by atoms with E-state index < -0.39 is 0 Å². The van der Waals surface area contributed by atoms with Crippen LogP contribution in [0.5, 0.6) is 0 Å². The number of guanidine groups is 1. The van der Waals surface area contributed by atoms with Crippen molar-refractivity contribution in [2.45, 2.75) is 13.8 Å². The van der Waals surface area contributed by atoms with E-state index in [9.17, 15) is 0 Å². The Bertz CT molecular complexity index is 120. The lowest BCUT2D eigenvalue weighted by Gasteiger charge is -1.88. The molecule has 0 bridgehead atoms. The standard InChI is InChI=1S/C5H11N3/c1-3-4(2)8-5(6)7/h3H,1-2H3,(H4,6,7,8)/b4-3+. The highest BCUT2D eigenvalue weighted by Crippen LogP contribution is 1.89. The largest absolute Gasteiger partial charge is 0.370 e. The van der Waals surface area contributed by atoms with Crippen molar-refractivity contribution >= 4 is 5.96 Å². The molecule has 0 heterocycles. The monoisotopic (exact) mass is 113 g/mol. The molecular weight excluding hydrogens is 102 g/mol. The van der Waals surface area contributed by atoms with E-state index in [4.69, 9.17) is 11.5 Å². The molecule has 0 aromatic heterocycles. The number of allylic oxidation sites excluding steroid dienone is 2. The molecule has 0 aliphatic heterocycles. The molecule has 0 amide bonds. The van der Waals surface area contributed by atoms with Gasteiger partial charge in [-0.05, 0) is 13.8 Å². The lowest BCUT2D eigenvalue weighted by molar-refractivity contribution is 1.25. The van der Waals surface area contributed by atoms with Gasteiger partial charge >= 0.3 is 0 Å². The van der Waals surface area contributed by atoms with Crippen LogP contribution >= 0.6 is 0 Å². The van der Waals surface area contributed by atoms with Crippen molar-refractivity contribution in [2.75, 3.05) is 0 Å². The van der Waals surface area contributed by atoms with Crippen LogP contribution in [0.4, 0.5) is 0 Å². The summed E-state index contributed by atoms with van der Waals surface area (Å²) in [6.07, 6.45) is 1.83. The lowest BCUT2D eigenvalue weighted by Crippen LogP contribution is -2.22. The minimum atomic E-state index is 0.112. The minimum absolute atomic E-state index is 0.112. The van der Waals surface area contributed by atoms with E-state index in [0.717, 1.165) is 5.70 Å². The molecule has 0 aromatic rings. The molecule has 0 unspecified atom stereocenters. The first-order valence-electron chi connectivity index (χ1n) is 2.39. The molecule has 0 atom stereocenters. The fourth-order valence-electron chi connectivity index (χ4n) is 0.268. The molecule has 0 radical (unpaired) electrons. The third-order valence-corrected chi connectivity index (χ3v) is 0.723. The molecule has 0 aliphatic rings. The second kappa shape index (κ2) is 3.07. The van der Waals surface area contributed by atoms with Gasteiger partial charge in [0.25, 0.3) is 0 Å². The van der Waals surface area contributed by atoms with Crippen molar-refractivity contribution < 1.29 is 0 Å². The second-order valence-electron chi connectivity index (χ2n) is 1.47. The van der Waals surface area contributed by atoms with E-state index in [1.54, 1.807) is 0 Å². The number of rotatable bonds is 1. The number of hydrogen-bond donors (Lipinski definition) is 2. The Kier molecular flexibility index (Phi) is 2.69. The Hall–Kier alpha value is -0.990. The average molecular weight is 113 g/mol. The molecule has 3 nitrogen and oxygen atoms in total. The summed E-state index contributed by atoms with van der Waals surface area (Å²) >= 11 is 0. The van der Waals surface area contributed by atoms with Crippen molar-refractivity contribution in [3.05, 3.63) is 11.8 Å². The van der Waals surface area contributed by atoms with Crippen LogP contribution in [0.2, 0.25) is 0 Å². The highest BCUT2D eigenvalue weighted by molar-refractivity contribution is 5.76. The summed E-state index contributed by atoms with van der Waals surface area (Å²) in [5, 5.41) is 0. The smallest absolute Gasteiger partial charge is 0.190 e. The maximum absolute atomic E-state index is 5.06. The zero-order chi connectivity index (χ0) is 6.57. The number of aliphatic imine (C=N–C) groups is 1. The molecule has 0 saturated carbocycles. The molecule has 0 rings (SSSR count). The molecule has 4 N–H and O–H groups in total. The van der Waals surface area contributed by atoms with Crippen molar-refractivity contribution in [3.63, 3.8) is 0 Å². The summed E-state index contributed by atoms with van der Waals surface area (Å²) in [5.74, 6) is 0.112. The van der Waals surface area contributed by atoms with Crippen LogP contribution in [-0.4, -0.2) is 5.96 Å². The van der Waals surface area contributed by atoms with E-state index in [0.29, 0.717) is 0 Å². The molecule has 0 spiro atoms. The molecular formula is C5H11N3. The Labute approximate surface area is 49.1 Å². The van der Waals surface area contributed by atoms with E-state index in [-0.39, 0.29) is 5.96 Å². The van der Waals surface area contributed by atoms with Gasteiger partial charge in [0.15, 0.2) is 5.96 Å². The predicted molar refractivity (Wildman–Crippen MR) is 35.2 cm³/mol. The predicted octanol–water partition coefficient (Wildman–Crippen LogP) is 0.184. The van der Waals surface area contributed by atoms with Gasteiger partial charge in [-0.2, -0.15) is 0 Å². The van der Waals surface area contributed by atoms with E-state index >= 15 is 0 Å². The Morgan fingerprint density at radius 3 is 2.12 bits per heavy atom. The quantitative estimate of drug-likeness (QED) is 0.376. The van der Waals surface area contributed by atoms with Crippen LogP contribution in [-0.2, 0) is 0 Å². The van der Waals surface area contributed by atoms with Crippen molar-refractivity contribution in [1.82, 2.24) is 0 Å². The first kappa shape index (κ1) is 7.01. The van der Waals surface area contributed by atoms with Crippen LogP contribution in [0.25, 0.3) is 0 Å². The topological polar surface area (TPSA) is 64.4 Å². The van der Waals surface area contributed by atoms with Crippen molar-refractivity contribution in [3.8, 4) is 0 Å². The zero-order valence-corrected chi connectivity index (χ0v) is 5.18.